The Kier molecular flexibility index (Phi) is 8.65. The zero-order chi connectivity index (χ0) is 14.3. The third kappa shape index (κ3) is 8.78. The molecule has 18 heavy (non-hydrogen) atoms. The molecule has 0 fully saturated rings. The van der Waals surface area contributed by atoms with Crippen LogP contribution in [0, 0.1) is 23.7 Å². The van der Waals surface area contributed by atoms with Crippen molar-refractivity contribution >= 4 is 0 Å². The molecule has 2 unspecified atom stereocenters. The van der Waals surface area contributed by atoms with Gasteiger partial charge in [-0.1, -0.05) is 52.7 Å². The maximum Gasteiger partial charge on any atom is -0.0295 e. The fraction of sp³-hybridized carbons (Fsp3) is 0.889. The van der Waals surface area contributed by atoms with Crippen molar-refractivity contribution in [2.75, 3.05) is 0 Å². The molecule has 0 spiro atoms. The van der Waals surface area contributed by atoms with Crippen LogP contribution in [0.1, 0.15) is 81.1 Å². The van der Waals surface area contributed by atoms with E-state index in [2.05, 4.69) is 55.4 Å². The summed E-state index contributed by atoms with van der Waals surface area (Å²) in [4.78, 5) is 0. The molecule has 0 heterocycles. The predicted octanol–water partition coefficient (Wildman–Crippen LogP) is 6.47. The number of hydrogen-bond donors (Lipinski definition) is 0. The van der Waals surface area contributed by atoms with Crippen molar-refractivity contribution < 1.29 is 0 Å². The van der Waals surface area contributed by atoms with Crippen LogP contribution in [0.15, 0.2) is 11.1 Å². The van der Waals surface area contributed by atoms with Gasteiger partial charge < -0.3 is 0 Å². The number of hydrogen-bond acceptors (Lipinski definition) is 0. The van der Waals surface area contributed by atoms with Gasteiger partial charge in [0.2, 0.25) is 0 Å². The van der Waals surface area contributed by atoms with Crippen molar-refractivity contribution in [3.63, 3.8) is 0 Å². The average Bonchev–Trinajstić information content (AvgIpc) is 2.13. The van der Waals surface area contributed by atoms with Crippen LogP contribution in [-0.4, -0.2) is 0 Å². The van der Waals surface area contributed by atoms with E-state index in [1.165, 1.54) is 25.7 Å². The van der Waals surface area contributed by atoms with Gasteiger partial charge in [0, 0.05) is 0 Å². The normalized spacial score (nSPS) is 17.0. The number of allylic oxidation sites excluding steroid dienone is 2. The Morgan fingerprint density at radius 3 is 1.11 bits per heavy atom. The molecule has 0 amide bonds. The first kappa shape index (κ1) is 17.7. The fourth-order valence-electron chi connectivity index (χ4n) is 3.17. The molecule has 0 aliphatic rings. The molecule has 0 radical (unpaired) electrons. The quantitative estimate of drug-likeness (QED) is 0.434. The van der Waals surface area contributed by atoms with Crippen LogP contribution in [0.2, 0.25) is 0 Å². The maximum absolute atomic E-state index is 2.40. The van der Waals surface area contributed by atoms with Gasteiger partial charge in [0.25, 0.3) is 0 Å². The van der Waals surface area contributed by atoms with Gasteiger partial charge in [-0.2, -0.15) is 0 Å². The lowest BCUT2D eigenvalue weighted by molar-refractivity contribution is 0.424. The smallest absolute Gasteiger partial charge is 0.0295 e. The molecule has 0 bridgehead atoms. The monoisotopic (exact) mass is 252 g/mol. The van der Waals surface area contributed by atoms with Gasteiger partial charge in [0.05, 0.1) is 0 Å². The minimum absolute atomic E-state index is 0.827. The molecule has 0 aliphatic carbocycles. The van der Waals surface area contributed by atoms with Gasteiger partial charge in [0.15, 0.2) is 0 Å². The van der Waals surface area contributed by atoms with Gasteiger partial charge in [-0.25, -0.2) is 0 Å². The maximum atomic E-state index is 2.40. The zero-order valence-corrected chi connectivity index (χ0v) is 14.1. The van der Waals surface area contributed by atoms with Crippen molar-refractivity contribution in [1.82, 2.24) is 0 Å². The van der Waals surface area contributed by atoms with Crippen LogP contribution in [0.25, 0.3) is 0 Å². The molecule has 108 valence electrons. The standard InChI is InChI=1S/C18H36/c1-13(2)9-15(5)11-17(7)18(8)12-16(6)10-14(3)4/h13-16H,9-12H2,1-8H3/b18-17-. The van der Waals surface area contributed by atoms with E-state index in [0.29, 0.717) is 0 Å². The first-order chi connectivity index (χ1) is 8.22. The van der Waals surface area contributed by atoms with Crippen molar-refractivity contribution in [3.05, 3.63) is 11.1 Å². The van der Waals surface area contributed by atoms with Crippen LogP contribution in [-0.2, 0) is 0 Å². The lowest BCUT2D eigenvalue weighted by Gasteiger charge is -2.19. The second-order valence-corrected chi connectivity index (χ2v) is 7.44. The summed E-state index contributed by atoms with van der Waals surface area (Å²) in [6.45, 7) is 18.8. The molecule has 2 atom stereocenters. The van der Waals surface area contributed by atoms with Crippen LogP contribution in [0.4, 0.5) is 0 Å². The molecule has 0 N–H and O–H groups in total. The van der Waals surface area contributed by atoms with E-state index in [9.17, 15) is 0 Å². The highest BCUT2D eigenvalue weighted by Crippen LogP contribution is 2.25. The summed E-state index contributed by atoms with van der Waals surface area (Å²) in [7, 11) is 0. The molecule has 0 aromatic heterocycles. The first-order valence-electron chi connectivity index (χ1n) is 7.87. The fourth-order valence-corrected chi connectivity index (χ4v) is 3.17. The zero-order valence-electron chi connectivity index (χ0n) is 14.1. The van der Waals surface area contributed by atoms with Crippen LogP contribution >= 0.6 is 0 Å². The van der Waals surface area contributed by atoms with E-state index in [4.69, 9.17) is 0 Å². The van der Waals surface area contributed by atoms with Gasteiger partial charge >= 0.3 is 0 Å². The van der Waals surface area contributed by atoms with Gasteiger partial charge in [0.1, 0.15) is 0 Å². The molecule has 0 aromatic carbocycles. The van der Waals surface area contributed by atoms with Crippen LogP contribution < -0.4 is 0 Å². The molecule has 0 rings (SSSR count). The Hall–Kier alpha value is -0.260. The molecule has 0 aliphatic heterocycles. The summed E-state index contributed by atoms with van der Waals surface area (Å²) in [6.07, 6.45) is 5.29. The number of rotatable bonds is 8. The Bertz CT molecular complexity index is 219. The SMILES string of the molecule is C/C(CC(C)CC(C)C)=C(\C)CC(C)CC(C)C. The Morgan fingerprint density at radius 2 is 0.889 bits per heavy atom. The summed E-state index contributed by atoms with van der Waals surface area (Å²) in [6, 6.07) is 0. The molecule has 0 nitrogen and oxygen atoms in total. The highest BCUT2D eigenvalue weighted by molar-refractivity contribution is 5.10. The Labute approximate surface area is 116 Å². The topological polar surface area (TPSA) is 0 Å². The minimum atomic E-state index is 0.827. The Morgan fingerprint density at radius 1 is 0.611 bits per heavy atom. The second kappa shape index (κ2) is 8.77. The summed E-state index contributed by atoms with van der Waals surface area (Å²) in [5.41, 5.74) is 3.28. The van der Waals surface area contributed by atoms with E-state index in [1.807, 2.05) is 0 Å². The third-order valence-corrected chi connectivity index (χ3v) is 3.79. The van der Waals surface area contributed by atoms with Crippen molar-refractivity contribution in [2.24, 2.45) is 23.7 Å². The molecular formula is C18H36. The van der Waals surface area contributed by atoms with Crippen molar-refractivity contribution in [1.29, 1.82) is 0 Å². The van der Waals surface area contributed by atoms with Gasteiger partial charge in [-0.05, 0) is 63.2 Å². The first-order valence-corrected chi connectivity index (χ1v) is 7.87. The summed E-state index contributed by atoms with van der Waals surface area (Å²) in [5.74, 6) is 3.32. The van der Waals surface area contributed by atoms with Gasteiger partial charge in [-0.3, -0.25) is 0 Å². The van der Waals surface area contributed by atoms with E-state index in [-0.39, 0.29) is 0 Å². The lowest BCUT2D eigenvalue weighted by atomic mass is 9.87. The summed E-state index contributed by atoms with van der Waals surface area (Å²) >= 11 is 0. The van der Waals surface area contributed by atoms with Crippen LogP contribution in [0.5, 0.6) is 0 Å². The third-order valence-electron chi connectivity index (χ3n) is 3.79. The average molecular weight is 252 g/mol. The highest BCUT2D eigenvalue weighted by Gasteiger charge is 2.10. The lowest BCUT2D eigenvalue weighted by Crippen LogP contribution is -2.04. The largest absolute Gasteiger partial charge is 0.0741 e. The van der Waals surface area contributed by atoms with Crippen molar-refractivity contribution in [2.45, 2.75) is 81.1 Å². The summed E-state index contributed by atoms with van der Waals surface area (Å²) < 4.78 is 0. The molecule has 0 aromatic rings. The molecule has 0 heteroatoms. The molecule has 0 saturated heterocycles. The van der Waals surface area contributed by atoms with Crippen molar-refractivity contribution in [3.8, 4) is 0 Å². The highest BCUT2D eigenvalue weighted by atomic mass is 14.2. The van der Waals surface area contributed by atoms with E-state index < -0.39 is 0 Å². The minimum Gasteiger partial charge on any atom is -0.0741 e. The van der Waals surface area contributed by atoms with E-state index in [0.717, 1.165) is 23.7 Å². The molecular weight excluding hydrogens is 216 g/mol. The molecule has 0 saturated carbocycles. The predicted molar refractivity (Wildman–Crippen MR) is 84.8 cm³/mol. The summed E-state index contributed by atoms with van der Waals surface area (Å²) in [5, 5.41) is 0. The second-order valence-electron chi connectivity index (χ2n) is 7.44. The van der Waals surface area contributed by atoms with Crippen LogP contribution in [0.3, 0.4) is 0 Å². The van der Waals surface area contributed by atoms with Gasteiger partial charge in [-0.15, -0.1) is 0 Å². The Balaban J connectivity index is 4.25. The van der Waals surface area contributed by atoms with E-state index >= 15 is 0 Å². The van der Waals surface area contributed by atoms with E-state index in [1.54, 1.807) is 11.1 Å².